The lowest BCUT2D eigenvalue weighted by molar-refractivity contribution is 0.162. The van der Waals surface area contributed by atoms with E-state index < -0.39 is 10.0 Å². The van der Waals surface area contributed by atoms with E-state index in [0.717, 1.165) is 6.54 Å². The SMILES string of the molecule is COCCN(C)CCNS(=O)(=O)c1cccc(CO)c1. The summed E-state index contributed by atoms with van der Waals surface area (Å²) in [6.45, 7) is 2.11. The summed E-state index contributed by atoms with van der Waals surface area (Å²) in [5.74, 6) is 0. The van der Waals surface area contributed by atoms with Crippen LogP contribution in [0.1, 0.15) is 5.56 Å². The Bertz CT molecular complexity index is 505. The van der Waals surface area contributed by atoms with Crippen LogP contribution in [0.3, 0.4) is 0 Å². The van der Waals surface area contributed by atoms with E-state index in [4.69, 9.17) is 9.84 Å². The normalized spacial score (nSPS) is 12.0. The quantitative estimate of drug-likeness (QED) is 0.673. The Morgan fingerprint density at radius 3 is 2.75 bits per heavy atom. The highest BCUT2D eigenvalue weighted by atomic mass is 32.2. The molecule has 6 nitrogen and oxygen atoms in total. The number of aliphatic hydroxyl groups excluding tert-OH is 1. The molecule has 1 aromatic rings. The summed E-state index contributed by atoms with van der Waals surface area (Å²) in [5.41, 5.74) is 0.574. The van der Waals surface area contributed by atoms with Gasteiger partial charge in [-0.25, -0.2) is 13.1 Å². The van der Waals surface area contributed by atoms with Gasteiger partial charge in [-0.3, -0.25) is 0 Å². The summed E-state index contributed by atoms with van der Waals surface area (Å²) < 4.78 is 31.6. The summed E-state index contributed by atoms with van der Waals surface area (Å²) in [4.78, 5) is 2.15. The van der Waals surface area contributed by atoms with Gasteiger partial charge in [0.25, 0.3) is 0 Å². The van der Waals surface area contributed by atoms with Gasteiger partial charge in [-0.1, -0.05) is 12.1 Å². The Kier molecular flexibility index (Phi) is 7.11. The van der Waals surface area contributed by atoms with E-state index in [1.54, 1.807) is 19.2 Å². The largest absolute Gasteiger partial charge is 0.392 e. The first-order valence-corrected chi connectivity index (χ1v) is 7.85. The van der Waals surface area contributed by atoms with Crippen molar-refractivity contribution in [1.82, 2.24) is 9.62 Å². The fraction of sp³-hybridized carbons (Fsp3) is 0.538. The van der Waals surface area contributed by atoms with Crippen LogP contribution in [-0.4, -0.2) is 58.8 Å². The number of rotatable bonds is 9. The standard InChI is InChI=1S/C13H22N2O4S/c1-15(8-9-19-2)7-6-14-20(17,18)13-5-3-4-12(10-13)11-16/h3-5,10,14,16H,6-9,11H2,1-2H3. The number of nitrogens with one attached hydrogen (secondary N) is 1. The zero-order chi connectivity index (χ0) is 15.0. The van der Waals surface area contributed by atoms with Crippen molar-refractivity contribution in [3.8, 4) is 0 Å². The van der Waals surface area contributed by atoms with Gasteiger partial charge < -0.3 is 14.7 Å². The van der Waals surface area contributed by atoms with Crippen LogP contribution in [0, 0.1) is 0 Å². The molecule has 0 aliphatic rings. The first-order chi connectivity index (χ1) is 9.49. The maximum Gasteiger partial charge on any atom is 0.240 e. The van der Waals surface area contributed by atoms with Gasteiger partial charge in [0.15, 0.2) is 0 Å². The average molecular weight is 302 g/mol. The first kappa shape index (κ1) is 17.1. The van der Waals surface area contributed by atoms with Gasteiger partial charge in [0.1, 0.15) is 0 Å². The van der Waals surface area contributed by atoms with Gasteiger partial charge in [0, 0.05) is 26.7 Å². The van der Waals surface area contributed by atoms with E-state index in [-0.39, 0.29) is 11.5 Å². The highest BCUT2D eigenvalue weighted by Crippen LogP contribution is 2.11. The third-order valence-corrected chi connectivity index (χ3v) is 4.31. The summed E-state index contributed by atoms with van der Waals surface area (Å²) >= 11 is 0. The van der Waals surface area contributed by atoms with Gasteiger partial charge >= 0.3 is 0 Å². The van der Waals surface area contributed by atoms with Crippen LogP contribution in [0.2, 0.25) is 0 Å². The number of ether oxygens (including phenoxy) is 1. The van der Waals surface area contributed by atoms with Crippen LogP contribution >= 0.6 is 0 Å². The van der Waals surface area contributed by atoms with E-state index in [1.807, 2.05) is 11.9 Å². The van der Waals surface area contributed by atoms with Gasteiger partial charge in [0.05, 0.1) is 18.1 Å². The van der Waals surface area contributed by atoms with Gasteiger partial charge in [-0.15, -0.1) is 0 Å². The van der Waals surface area contributed by atoms with Crippen LogP contribution in [0.5, 0.6) is 0 Å². The lowest BCUT2D eigenvalue weighted by atomic mass is 10.2. The third-order valence-electron chi connectivity index (χ3n) is 2.85. The Balaban J connectivity index is 2.53. The van der Waals surface area contributed by atoms with Crippen molar-refractivity contribution in [1.29, 1.82) is 0 Å². The predicted molar refractivity (Wildman–Crippen MR) is 76.9 cm³/mol. The Hall–Kier alpha value is -0.990. The molecule has 20 heavy (non-hydrogen) atoms. The summed E-state index contributed by atoms with van der Waals surface area (Å²) in [7, 11) is 0.00407. The minimum Gasteiger partial charge on any atom is -0.392 e. The van der Waals surface area contributed by atoms with Crippen LogP contribution in [0.15, 0.2) is 29.2 Å². The molecule has 0 aliphatic carbocycles. The molecule has 0 aliphatic heterocycles. The van der Waals surface area contributed by atoms with Crippen molar-refractivity contribution in [2.24, 2.45) is 0 Å². The van der Waals surface area contributed by atoms with Crippen LogP contribution in [0.4, 0.5) is 0 Å². The molecule has 0 amide bonds. The molecule has 0 unspecified atom stereocenters. The Morgan fingerprint density at radius 1 is 1.35 bits per heavy atom. The Labute approximate surface area is 120 Å². The molecule has 7 heteroatoms. The number of hydrogen-bond donors (Lipinski definition) is 2. The number of hydrogen-bond acceptors (Lipinski definition) is 5. The fourth-order valence-corrected chi connectivity index (χ4v) is 2.72. The minimum absolute atomic E-state index is 0.170. The molecule has 0 aromatic heterocycles. The highest BCUT2D eigenvalue weighted by molar-refractivity contribution is 7.89. The molecule has 0 heterocycles. The molecule has 0 bridgehead atoms. The van der Waals surface area contributed by atoms with Crippen LogP contribution in [-0.2, 0) is 21.4 Å². The molecule has 114 valence electrons. The zero-order valence-corrected chi connectivity index (χ0v) is 12.7. The van der Waals surface area contributed by atoms with Crippen LogP contribution < -0.4 is 4.72 Å². The van der Waals surface area contributed by atoms with E-state index in [0.29, 0.717) is 25.3 Å². The monoisotopic (exact) mass is 302 g/mol. The second-order valence-electron chi connectivity index (χ2n) is 4.50. The number of methoxy groups -OCH3 is 1. The van der Waals surface area contributed by atoms with E-state index >= 15 is 0 Å². The van der Waals surface area contributed by atoms with Crippen molar-refractivity contribution in [3.05, 3.63) is 29.8 Å². The third kappa shape index (κ3) is 5.56. The second kappa shape index (κ2) is 8.33. The molecule has 0 spiro atoms. The van der Waals surface area contributed by atoms with Crippen LogP contribution in [0.25, 0.3) is 0 Å². The Morgan fingerprint density at radius 2 is 2.10 bits per heavy atom. The highest BCUT2D eigenvalue weighted by Gasteiger charge is 2.13. The molecule has 0 radical (unpaired) electrons. The number of benzene rings is 1. The van der Waals surface area contributed by atoms with Crippen molar-refractivity contribution >= 4 is 10.0 Å². The summed E-state index contributed by atoms with van der Waals surface area (Å²) in [5, 5.41) is 9.03. The molecule has 0 fully saturated rings. The maximum absolute atomic E-state index is 12.1. The topological polar surface area (TPSA) is 78.9 Å². The van der Waals surface area contributed by atoms with E-state index in [2.05, 4.69) is 4.72 Å². The first-order valence-electron chi connectivity index (χ1n) is 6.36. The molecular weight excluding hydrogens is 280 g/mol. The molecular formula is C13H22N2O4S. The smallest absolute Gasteiger partial charge is 0.240 e. The zero-order valence-electron chi connectivity index (χ0n) is 11.9. The molecule has 0 saturated heterocycles. The van der Waals surface area contributed by atoms with Gasteiger partial charge in [0.2, 0.25) is 10.0 Å². The molecule has 0 saturated carbocycles. The van der Waals surface area contributed by atoms with Crippen molar-refractivity contribution in [3.63, 3.8) is 0 Å². The predicted octanol–water partition coefficient (Wildman–Crippen LogP) is 0.0354. The number of likely N-dealkylation sites (N-methyl/N-ethyl adjacent to an activating group) is 1. The number of sulfonamides is 1. The number of nitrogens with zero attached hydrogens (tertiary/aromatic N) is 1. The minimum atomic E-state index is -3.53. The van der Waals surface area contributed by atoms with E-state index in [1.165, 1.54) is 12.1 Å². The lowest BCUT2D eigenvalue weighted by Crippen LogP contribution is -2.34. The van der Waals surface area contributed by atoms with Crippen molar-refractivity contribution in [2.45, 2.75) is 11.5 Å². The maximum atomic E-state index is 12.1. The summed E-state index contributed by atoms with van der Waals surface area (Å²) in [6, 6.07) is 6.27. The van der Waals surface area contributed by atoms with E-state index in [9.17, 15) is 8.42 Å². The molecule has 2 N–H and O–H groups in total. The number of aliphatic hydroxyl groups is 1. The van der Waals surface area contributed by atoms with Crippen molar-refractivity contribution < 1.29 is 18.3 Å². The van der Waals surface area contributed by atoms with Gasteiger partial charge in [-0.05, 0) is 24.7 Å². The molecule has 0 atom stereocenters. The average Bonchev–Trinajstić information content (AvgIpc) is 2.45. The lowest BCUT2D eigenvalue weighted by Gasteiger charge is -2.16. The second-order valence-corrected chi connectivity index (χ2v) is 6.27. The molecule has 1 aromatic carbocycles. The molecule has 1 rings (SSSR count). The van der Waals surface area contributed by atoms with Crippen molar-refractivity contribution in [2.75, 3.05) is 40.4 Å². The fourth-order valence-electron chi connectivity index (χ4n) is 1.62. The summed E-state index contributed by atoms with van der Waals surface area (Å²) in [6.07, 6.45) is 0. The van der Waals surface area contributed by atoms with Gasteiger partial charge in [-0.2, -0.15) is 0 Å².